The molecule has 114 valence electrons. The highest BCUT2D eigenvalue weighted by Gasteiger charge is 2.26. The number of aliphatic carboxylic acids is 1. The number of anilines is 1. The molecule has 1 aromatic carbocycles. The van der Waals surface area contributed by atoms with E-state index >= 15 is 0 Å². The van der Waals surface area contributed by atoms with Crippen molar-refractivity contribution < 1.29 is 19.4 Å². The van der Waals surface area contributed by atoms with Gasteiger partial charge in [0.15, 0.2) is 0 Å². The largest absolute Gasteiger partial charge is 0.481 e. The van der Waals surface area contributed by atoms with Crippen LogP contribution in [0.4, 0.5) is 5.69 Å². The van der Waals surface area contributed by atoms with Crippen LogP contribution >= 0.6 is 22.6 Å². The quantitative estimate of drug-likeness (QED) is 0.726. The van der Waals surface area contributed by atoms with Gasteiger partial charge < -0.3 is 15.2 Å². The fourth-order valence-electron chi connectivity index (χ4n) is 2.22. The Morgan fingerprint density at radius 1 is 1.43 bits per heavy atom. The fraction of sp³-hybridized carbons (Fsp3) is 0.429. The van der Waals surface area contributed by atoms with Crippen LogP contribution in [0.25, 0.3) is 0 Å². The molecule has 0 saturated carbocycles. The molecule has 21 heavy (non-hydrogen) atoms. The van der Waals surface area contributed by atoms with E-state index < -0.39 is 5.97 Å². The summed E-state index contributed by atoms with van der Waals surface area (Å²) in [6.07, 6.45) is -0.0177. The highest BCUT2D eigenvalue weighted by molar-refractivity contribution is 14.1. The number of hydrogen-bond acceptors (Lipinski definition) is 4. The first kappa shape index (κ1) is 16.2. The van der Waals surface area contributed by atoms with E-state index in [2.05, 4.69) is 27.9 Å². The van der Waals surface area contributed by atoms with Crippen molar-refractivity contribution in [3.63, 3.8) is 0 Å². The maximum atomic E-state index is 12.1. The maximum absolute atomic E-state index is 12.1. The van der Waals surface area contributed by atoms with Crippen LogP contribution in [0.15, 0.2) is 24.3 Å². The van der Waals surface area contributed by atoms with Gasteiger partial charge in [0.2, 0.25) is 5.91 Å². The van der Waals surface area contributed by atoms with Gasteiger partial charge in [-0.05, 0) is 34.7 Å². The Morgan fingerprint density at radius 3 is 2.90 bits per heavy atom. The summed E-state index contributed by atoms with van der Waals surface area (Å²) in [7, 11) is 0. The Morgan fingerprint density at radius 2 is 2.19 bits per heavy atom. The SMILES string of the molecule is O=C(O)CC1COCCN1CC(=O)Nc1ccccc1I. The van der Waals surface area contributed by atoms with E-state index in [1.165, 1.54) is 0 Å². The number of morpholine rings is 1. The highest BCUT2D eigenvalue weighted by Crippen LogP contribution is 2.17. The van der Waals surface area contributed by atoms with Crippen molar-refractivity contribution in [2.75, 3.05) is 31.6 Å². The van der Waals surface area contributed by atoms with Crippen LogP contribution in [-0.2, 0) is 14.3 Å². The van der Waals surface area contributed by atoms with Crippen molar-refractivity contribution in [3.05, 3.63) is 27.8 Å². The minimum Gasteiger partial charge on any atom is -0.481 e. The van der Waals surface area contributed by atoms with E-state index in [4.69, 9.17) is 9.84 Å². The van der Waals surface area contributed by atoms with Crippen molar-refractivity contribution in [3.8, 4) is 0 Å². The third-order valence-corrected chi connectivity index (χ3v) is 4.20. The van der Waals surface area contributed by atoms with Gasteiger partial charge in [-0.25, -0.2) is 0 Å². The molecular weight excluding hydrogens is 387 g/mol. The summed E-state index contributed by atoms with van der Waals surface area (Å²) < 4.78 is 6.26. The Kier molecular flexibility index (Phi) is 5.95. The first-order valence-corrected chi connectivity index (χ1v) is 7.72. The summed E-state index contributed by atoms with van der Waals surface area (Å²) in [4.78, 5) is 24.8. The molecule has 1 aliphatic rings. The molecule has 1 saturated heterocycles. The second-order valence-corrected chi connectivity index (χ2v) is 5.99. The van der Waals surface area contributed by atoms with Gasteiger partial charge in [0.05, 0.1) is 31.9 Å². The van der Waals surface area contributed by atoms with Crippen LogP contribution in [0.5, 0.6) is 0 Å². The predicted molar refractivity (Wildman–Crippen MR) is 86.2 cm³/mol. The smallest absolute Gasteiger partial charge is 0.305 e. The average Bonchev–Trinajstić information content (AvgIpc) is 2.43. The molecule has 0 radical (unpaired) electrons. The lowest BCUT2D eigenvalue weighted by atomic mass is 10.1. The number of halogens is 1. The summed E-state index contributed by atoms with van der Waals surface area (Å²) in [5, 5.41) is 11.8. The number of para-hydroxylation sites is 1. The van der Waals surface area contributed by atoms with Crippen LogP contribution < -0.4 is 5.32 Å². The van der Waals surface area contributed by atoms with E-state index in [1.807, 2.05) is 29.2 Å². The number of carbonyl (C=O) groups excluding carboxylic acids is 1. The zero-order valence-corrected chi connectivity index (χ0v) is 13.6. The molecule has 1 unspecified atom stereocenters. The molecule has 1 aliphatic heterocycles. The Bertz CT molecular complexity index is 523. The highest BCUT2D eigenvalue weighted by atomic mass is 127. The topological polar surface area (TPSA) is 78.9 Å². The molecule has 1 aromatic rings. The Hall–Kier alpha value is -1.19. The normalized spacial score (nSPS) is 19.2. The van der Waals surface area contributed by atoms with Crippen LogP contribution in [0.1, 0.15) is 6.42 Å². The predicted octanol–water partition coefficient (Wildman–Crippen LogP) is 1.41. The number of carboxylic acid groups (broad SMARTS) is 1. The first-order valence-electron chi connectivity index (χ1n) is 6.64. The number of benzene rings is 1. The molecule has 0 aromatic heterocycles. The third-order valence-electron chi connectivity index (χ3n) is 3.25. The molecule has 0 bridgehead atoms. The molecule has 1 atom stereocenters. The second kappa shape index (κ2) is 7.71. The van der Waals surface area contributed by atoms with Crippen molar-refractivity contribution in [2.24, 2.45) is 0 Å². The van der Waals surface area contributed by atoms with Crippen molar-refractivity contribution >= 4 is 40.2 Å². The summed E-state index contributed by atoms with van der Waals surface area (Å²) in [6.45, 7) is 1.61. The Labute approximate surface area is 136 Å². The number of hydrogen-bond donors (Lipinski definition) is 2. The molecule has 7 heteroatoms. The molecule has 1 heterocycles. The maximum Gasteiger partial charge on any atom is 0.305 e. The van der Waals surface area contributed by atoms with Crippen LogP contribution in [0.2, 0.25) is 0 Å². The van der Waals surface area contributed by atoms with Crippen LogP contribution in [-0.4, -0.2) is 54.2 Å². The van der Waals surface area contributed by atoms with Gasteiger partial charge >= 0.3 is 5.97 Å². The standard InChI is InChI=1S/C14H17IN2O4/c15-11-3-1-2-4-12(11)16-13(18)8-17-5-6-21-9-10(17)7-14(19)20/h1-4,10H,5-9H2,(H,16,18)(H,19,20). The summed E-state index contributed by atoms with van der Waals surface area (Å²) in [5.74, 6) is -1.02. The summed E-state index contributed by atoms with van der Waals surface area (Å²) >= 11 is 2.16. The lowest BCUT2D eigenvalue weighted by Crippen LogP contribution is -2.49. The molecule has 1 amide bonds. The van der Waals surface area contributed by atoms with E-state index in [0.717, 1.165) is 9.26 Å². The van der Waals surface area contributed by atoms with Gasteiger partial charge in [-0.15, -0.1) is 0 Å². The van der Waals surface area contributed by atoms with E-state index in [0.29, 0.717) is 19.8 Å². The Balaban J connectivity index is 1.94. The minimum atomic E-state index is -0.881. The number of nitrogens with one attached hydrogen (secondary N) is 1. The van der Waals surface area contributed by atoms with Crippen LogP contribution in [0, 0.1) is 3.57 Å². The third kappa shape index (κ3) is 4.94. The van der Waals surface area contributed by atoms with E-state index in [-0.39, 0.29) is 24.9 Å². The zero-order chi connectivity index (χ0) is 15.2. The van der Waals surface area contributed by atoms with Crippen LogP contribution in [0.3, 0.4) is 0 Å². The molecule has 0 aliphatic carbocycles. The zero-order valence-electron chi connectivity index (χ0n) is 11.4. The summed E-state index contributed by atoms with van der Waals surface area (Å²) in [5.41, 5.74) is 0.770. The molecule has 1 fully saturated rings. The number of ether oxygens (including phenoxy) is 1. The summed E-state index contributed by atoms with van der Waals surface area (Å²) in [6, 6.07) is 7.27. The lowest BCUT2D eigenvalue weighted by molar-refractivity contribution is -0.141. The van der Waals surface area contributed by atoms with Gasteiger partial charge in [0.25, 0.3) is 0 Å². The molecule has 0 spiro atoms. The molecule has 2 N–H and O–H groups in total. The number of amides is 1. The molecule has 6 nitrogen and oxygen atoms in total. The lowest BCUT2D eigenvalue weighted by Gasteiger charge is -2.34. The minimum absolute atomic E-state index is 0.0177. The first-order chi connectivity index (χ1) is 10.1. The van der Waals surface area contributed by atoms with E-state index in [1.54, 1.807) is 0 Å². The van der Waals surface area contributed by atoms with Crippen molar-refractivity contribution in [1.82, 2.24) is 4.90 Å². The number of carbonyl (C=O) groups is 2. The number of rotatable bonds is 5. The monoisotopic (exact) mass is 404 g/mol. The van der Waals surface area contributed by atoms with Gasteiger partial charge in [-0.2, -0.15) is 0 Å². The average molecular weight is 404 g/mol. The molecule has 2 rings (SSSR count). The van der Waals surface area contributed by atoms with Crippen molar-refractivity contribution in [1.29, 1.82) is 0 Å². The second-order valence-electron chi connectivity index (χ2n) is 4.83. The van der Waals surface area contributed by atoms with Gasteiger partial charge in [-0.1, -0.05) is 12.1 Å². The van der Waals surface area contributed by atoms with Crippen molar-refractivity contribution in [2.45, 2.75) is 12.5 Å². The fourth-order valence-corrected chi connectivity index (χ4v) is 2.75. The van der Waals surface area contributed by atoms with Gasteiger partial charge in [0.1, 0.15) is 0 Å². The number of nitrogens with zero attached hydrogens (tertiary/aromatic N) is 1. The molecular formula is C14H17IN2O4. The van der Waals surface area contributed by atoms with Gasteiger partial charge in [0, 0.05) is 16.2 Å². The van der Waals surface area contributed by atoms with Gasteiger partial charge in [-0.3, -0.25) is 14.5 Å². The number of carboxylic acids is 1. The van der Waals surface area contributed by atoms with E-state index in [9.17, 15) is 9.59 Å².